The first-order valence-corrected chi connectivity index (χ1v) is 22.2. The average Bonchev–Trinajstić information content (AvgIpc) is 3.20. The molecule has 0 amide bonds. The van der Waals surface area contributed by atoms with Gasteiger partial charge in [0.2, 0.25) is 11.6 Å². The van der Waals surface area contributed by atoms with Gasteiger partial charge in [0, 0.05) is 0 Å². The molecule has 0 aromatic heterocycles. The molecule has 0 unspecified atom stereocenters. The van der Waals surface area contributed by atoms with Crippen molar-refractivity contribution in [3.05, 3.63) is 95.1 Å². The van der Waals surface area contributed by atoms with Gasteiger partial charge in [0.05, 0.1) is 13.2 Å². The lowest BCUT2D eigenvalue weighted by molar-refractivity contribution is 0.282. The van der Waals surface area contributed by atoms with Gasteiger partial charge in [-0.15, -0.1) is 0 Å². The van der Waals surface area contributed by atoms with Gasteiger partial charge >= 0.3 is 0 Å². The molecule has 2 aromatic rings. The smallest absolute Gasteiger partial charge is 0.266 e. The first kappa shape index (κ1) is 46.5. The zero-order chi connectivity index (χ0) is 40.8. The quantitative estimate of drug-likeness (QED) is 0.0566. The highest BCUT2D eigenvalue weighted by molar-refractivity contribution is 5.34. The van der Waals surface area contributed by atoms with E-state index in [9.17, 15) is 26.3 Å². The molecule has 2 saturated carbocycles. The molecule has 8 heteroatoms. The van der Waals surface area contributed by atoms with Gasteiger partial charge in [-0.2, -0.15) is 17.6 Å². The van der Waals surface area contributed by atoms with E-state index < -0.39 is 29.3 Å². The zero-order valence-electron chi connectivity index (χ0n) is 34.6. The van der Waals surface area contributed by atoms with Crippen molar-refractivity contribution in [1.82, 2.24) is 0 Å². The second-order valence-corrected chi connectivity index (χ2v) is 16.6. The summed E-state index contributed by atoms with van der Waals surface area (Å²) in [5, 5.41) is 0. The van der Waals surface area contributed by atoms with Crippen LogP contribution < -0.4 is 9.47 Å². The van der Waals surface area contributed by atoms with E-state index in [0.29, 0.717) is 36.2 Å². The summed E-state index contributed by atoms with van der Waals surface area (Å²) in [6.45, 7) is 4.68. The lowest BCUT2D eigenvalue weighted by atomic mass is 9.78. The number of halogens is 6. The lowest BCUT2D eigenvalue weighted by Crippen LogP contribution is -2.14. The van der Waals surface area contributed by atoms with E-state index in [1.54, 1.807) is 24.3 Å². The van der Waals surface area contributed by atoms with Gasteiger partial charge < -0.3 is 9.47 Å². The van der Waals surface area contributed by atoms with E-state index in [1.807, 2.05) is 13.8 Å². The topological polar surface area (TPSA) is 18.5 Å². The minimum atomic E-state index is -1.61. The van der Waals surface area contributed by atoms with E-state index >= 15 is 0 Å². The van der Waals surface area contributed by atoms with Crippen LogP contribution >= 0.6 is 0 Å². The van der Waals surface area contributed by atoms with Crippen LogP contribution in [0.2, 0.25) is 0 Å². The standard InChI is InChI=1S/C49H68F6O2/c1-3-17-36-21-25-39(26-22-36)41-29-31-43(48(54)46(41)52)56-33-15-11-7-5-9-13-19-38(35-45(50)51)20-14-10-6-8-12-16-34-57-44-32-30-42(47(53)49(44)55)40-27-23-37(18-4-2)24-28-40/h3-4,17-18,29-32,35-40H,5-16,19-28,33-34H2,1-2H3/b17-3+,18-4+. The van der Waals surface area contributed by atoms with Crippen molar-refractivity contribution in [3.63, 3.8) is 0 Å². The number of hydrogen-bond acceptors (Lipinski definition) is 2. The summed E-state index contributed by atoms with van der Waals surface area (Å²) in [4.78, 5) is 0. The highest BCUT2D eigenvalue weighted by Gasteiger charge is 2.27. The maximum atomic E-state index is 14.9. The monoisotopic (exact) mass is 803 g/mol. The molecule has 0 spiro atoms. The Balaban J connectivity index is 1.00. The molecule has 57 heavy (non-hydrogen) atoms. The second-order valence-electron chi connectivity index (χ2n) is 16.6. The highest BCUT2D eigenvalue weighted by Crippen LogP contribution is 2.40. The van der Waals surface area contributed by atoms with E-state index in [-0.39, 0.29) is 29.3 Å². The molecule has 2 aliphatic carbocycles. The SMILES string of the molecule is C/C=C/C1CCC(c2ccc(OCCCCCCCCC(C=C(F)F)CCCCCCCCOc3ccc(C4CCC(/C=C/C)CC4)c(F)c3F)c(F)c2F)CC1. The van der Waals surface area contributed by atoms with E-state index in [4.69, 9.17) is 9.47 Å². The largest absolute Gasteiger partial charge is 0.490 e. The second kappa shape index (κ2) is 26.0. The molecule has 4 rings (SSSR count). The van der Waals surface area contributed by atoms with Crippen LogP contribution in [0.3, 0.4) is 0 Å². The summed E-state index contributed by atoms with van der Waals surface area (Å²) in [6.07, 6.45) is 27.9. The molecule has 0 atom stereocenters. The number of ether oxygens (including phenoxy) is 2. The van der Waals surface area contributed by atoms with Crippen LogP contribution in [-0.4, -0.2) is 13.2 Å². The van der Waals surface area contributed by atoms with E-state index in [0.717, 1.165) is 147 Å². The molecule has 2 fully saturated rings. The molecular weight excluding hydrogens is 735 g/mol. The summed E-state index contributed by atoms with van der Waals surface area (Å²) in [5.74, 6) is -2.33. The predicted octanol–water partition coefficient (Wildman–Crippen LogP) is 16.3. The fraction of sp³-hybridized carbons (Fsp3) is 0.633. The third kappa shape index (κ3) is 15.8. The molecule has 0 radical (unpaired) electrons. The number of allylic oxidation sites excluding steroid dienone is 5. The summed E-state index contributed by atoms with van der Waals surface area (Å²) < 4.78 is 96.9. The maximum absolute atomic E-state index is 14.9. The molecule has 2 aliphatic rings. The summed E-state index contributed by atoms with van der Waals surface area (Å²) in [7, 11) is 0. The summed E-state index contributed by atoms with van der Waals surface area (Å²) >= 11 is 0. The molecule has 0 bridgehead atoms. The first-order valence-electron chi connectivity index (χ1n) is 22.2. The third-order valence-corrected chi connectivity index (χ3v) is 12.3. The van der Waals surface area contributed by atoms with Gasteiger partial charge in [-0.3, -0.25) is 0 Å². The van der Waals surface area contributed by atoms with Crippen LogP contribution in [0.4, 0.5) is 26.3 Å². The molecule has 0 N–H and O–H groups in total. The predicted molar refractivity (Wildman–Crippen MR) is 221 cm³/mol. The Bertz CT molecular complexity index is 1430. The van der Waals surface area contributed by atoms with E-state index in [1.165, 1.54) is 0 Å². The number of hydrogen-bond donors (Lipinski definition) is 0. The van der Waals surface area contributed by atoms with Crippen molar-refractivity contribution in [2.75, 3.05) is 13.2 Å². The minimum Gasteiger partial charge on any atom is -0.490 e. The van der Waals surface area contributed by atoms with Crippen LogP contribution in [0.5, 0.6) is 11.5 Å². The number of rotatable bonds is 25. The Morgan fingerprint density at radius 1 is 0.526 bits per heavy atom. The van der Waals surface area contributed by atoms with Gasteiger partial charge in [-0.25, -0.2) is 8.78 Å². The summed E-state index contributed by atoms with van der Waals surface area (Å²) in [5.41, 5.74) is 0.926. The Morgan fingerprint density at radius 2 is 0.895 bits per heavy atom. The highest BCUT2D eigenvalue weighted by atomic mass is 19.3. The van der Waals surface area contributed by atoms with Gasteiger partial charge in [0.15, 0.2) is 23.1 Å². The fourth-order valence-corrected chi connectivity index (χ4v) is 9.02. The van der Waals surface area contributed by atoms with Crippen molar-refractivity contribution in [1.29, 1.82) is 0 Å². The maximum Gasteiger partial charge on any atom is 0.266 e. The van der Waals surface area contributed by atoms with Gasteiger partial charge in [-0.05, 0) is 150 Å². The molecule has 2 nitrogen and oxygen atoms in total. The Labute approximate surface area is 339 Å². The number of benzene rings is 2. The average molecular weight is 803 g/mol. The Kier molecular flexibility index (Phi) is 21.3. The third-order valence-electron chi connectivity index (χ3n) is 12.3. The van der Waals surface area contributed by atoms with Crippen LogP contribution in [0.1, 0.15) is 178 Å². The van der Waals surface area contributed by atoms with E-state index in [2.05, 4.69) is 24.3 Å². The zero-order valence-corrected chi connectivity index (χ0v) is 34.6. The molecule has 318 valence electrons. The molecular formula is C49H68F6O2. The normalized spacial score (nSPS) is 20.6. The molecule has 0 heterocycles. The lowest BCUT2D eigenvalue weighted by Gasteiger charge is -2.27. The fourth-order valence-electron chi connectivity index (χ4n) is 9.02. The number of unbranched alkanes of at least 4 members (excludes halogenated alkanes) is 10. The Morgan fingerprint density at radius 3 is 1.26 bits per heavy atom. The van der Waals surface area contributed by atoms with Crippen molar-refractivity contribution in [3.8, 4) is 11.5 Å². The van der Waals surface area contributed by atoms with Crippen molar-refractivity contribution in [2.45, 2.75) is 167 Å². The van der Waals surface area contributed by atoms with Crippen LogP contribution in [-0.2, 0) is 0 Å². The van der Waals surface area contributed by atoms with Crippen molar-refractivity contribution >= 4 is 0 Å². The van der Waals surface area contributed by atoms with Gasteiger partial charge in [0.1, 0.15) is 0 Å². The molecule has 0 aliphatic heterocycles. The van der Waals surface area contributed by atoms with Crippen LogP contribution in [0.25, 0.3) is 0 Å². The van der Waals surface area contributed by atoms with Crippen molar-refractivity contribution < 1.29 is 35.8 Å². The van der Waals surface area contributed by atoms with Crippen LogP contribution in [0.15, 0.2) is 60.7 Å². The van der Waals surface area contributed by atoms with Crippen LogP contribution in [0, 0.1) is 41.0 Å². The molecule has 0 saturated heterocycles. The van der Waals surface area contributed by atoms with Crippen molar-refractivity contribution in [2.24, 2.45) is 17.8 Å². The Hall–Kier alpha value is -3.16. The first-order chi connectivity index (χ1) is 27.7. The van der Waals surface area contributed by atoms with Gasteiger partial charge in [0.25, 0.3) is 6.08 Å². The van der Waals surface area contributed by atoms with Gasteiger partial charge in [-0.1, -0.05) is 101 Å². The molecule has 2 aromatic carbocycles. The minimum absolute atomic E-state index is 0.0235. The summed E-state index contributed by atoms with van der Waals surface area (Å²) in [6, 6.07) is 6.52.